The predicted octanol–water partition coefficient (Wildman–Crippen LogP) is 2.68. The first-order valence-corrected chi connectivity index (χ1v) is 6.97. The molecular weight excluding hydrogens is 266 g/mol. The van der Waals surface area contributed by atoms with Crippen molar-refractivity contribution in [1.82, 2.24) is 4.98 Å². The number of anilines is 2. The average molecular weight is 283 g/mol. The fourth-order valence-corrected chi connectivity index (χ4v) is 2.70. The van der Waals surface area contributed by atoms with Gasteiger partial charge >= 0.3 is 0 Å². The average Bonchev–Trinajstić information content (AvgIpc) is 2.87. The van der Waals surface area contributed by atoms with Crippen LogP contribution in [-0.2, 0) is 6.42 Å². The van der Waals surface area contributed by atoms with Crippen molar-refractivity contribution < 1.29 is 9.59 Å². The van der Waals surface area contributed by atoms with Crippen LogP contribution in [-0.4, -0.2) is 16.7 Å². The number of amides is 1. The Kier molecular flexibility index (Phi) is 3.25. The Hall–Kier alpha value is -2.56. The van der Waals surface area contributed by atoms with Crippen molar-refractivity contribution >= 4 is 23.1 Å². The summed E-state index contributed by atoms with van der Waals surface area (Å²) in [6.45, 7) is 1.93. The lowest BCUT2D eigenvalue weighted by molar-refractivity contribution is 0.0956. The Labute approximate surface area is 122 Å². The van der Waals surface area contributed by atoms with E-state index in [0.29, 0.717) is 28.9 Å². The third kappa shape index (κ3) is 2.42. The zero-order valence-corrected chi connectivity index (χ0v) is 11.8. The number of aromatic amines is 1. The molecule has 1 heterocycles. The van der Waals surface area contributed by atoms with Crippen LogP contribution >= 0.6 is 0 Å². The molecule has 0 atom stereocenters. The molecule has 5 heteroatoms. The molecule has 2 aromatic rings. The van der Waals surface area contributed by atoms with E-state index in [9.17, 15) is 9.59 Å². The van der Waals surface area contributed by atoms with E-state index in [4.69, 9.17) is 5.73 Å². The number of ketones is 1. The van der Waals surface area contributed by atoms with Gasteiger partial charge in [-0.3, -0.25) is 9.59 Å². The summed E-state index contributed by atoms with van der Waals surface area (Å²) in [7, 11) is 0. The number of fused-ring (bicyclic) bond motifs is 1. The maximum Gasteiger partial charge on any atom is 0.258 e. The fraction of sp³-hybridized carbons (Fsp3) is 0.250. The van der Waals surface area contributed by atoms with Crippen LogP contribution < -0.4 is 11.1 Å². The molecule has 0 aliphatic heterocycles. The van der Waals surface area contributed by atoms with E-state index >= 15 is 0 Å². The van der Waals surface area contributed by atoms with Gasteiger partial charge in [-0.05, 0) is 37.5 Å². The van der Waals surface area contributed by atoms with Crippen molar-refractivity contribution in [3.05, 3.63) is 46.8 Å². The topological polar surface area (TPSA) is 88.0 Å². The number of nitrogen functional groups attached to an aromatic ring is 1. The first-order valence-electron chi connectivity index (χ1n) is 6.97. The zero-order valence-electron chi connectivity index (χ0n) is 11.8. The van der Waals surface area contributed by atoms with E-state index in [1.807, 2.05) is 13.0 Å². The minimum atomic E-state index is -0.307. The van der Waals surface area contributed by atoms with E-state index in [1.165, 1.54) is 0 Å². The molecule has 1 aromatic heterocycles. The minimum Gasteiger partial charge on any atom is -0.397 e. The van der Waals surface area contributed by atoms with Gasteiger partial charge in [0.25, 0.3) is 5.91 Å². The number of carbonyl (C=O) groups is 2. The molecule has 0 spiro atoms. The molecule has 1 aliphatic carbocycles. The lowest BCUT2D eigenvalue weighted by Crippen LogP contribution is -2.18. The molecule has 0 saturated heterocycles. The molecule has 0 fully saturated rings. The Morgan fingerprint density at radius 2 is 2.14 bits per heavy atom. The molecule has 1 aliphatic rings. The van der Waals surface area contributed by atoms with Crippen molar-refractivity contribution in [3.8, 4) is 0 Å². The number of H-pyrrole nitrogens is 1. The lowest BCUT2D eigenvalue weighted by Gasteiger charge is -2.12. The second-order valence-electron chi connectivity index (χ2n) is 5.38. The maximum atomic E-state index is 12.4. The summed E-state index contributed by atoms with van der Waals surface area (Å²) in [5.41, 5.74) is 9.78. The number of rotatable bonds is 2. The third-order valence-electron chi connectivity index (χ3n) is 3.77. The number of carbonyl (C=O) groups excluding carboxylic acids is 2. The second-order valence-corrected chi connectivity index (χ2v) is 5.38. The van der Waals surface area contributed by atoms with Gasteiger partial charge in [0.15, 0.2) is 5.78 Å². The zero-order chi connectivity index (χ0) is 15.0. The number of hydrogen-bond acceptors (Lipinski definition) is 3. The molecule has 0 unspecified atom stereocenters. The summed E-state index contributed by atoms with van der Waals surface area (Å²) in [6, 6.07) is 5.44. The number of nitrogens with one attached hydrogen (secondary N) is 2. The minimum absolute atomic E-state index is 0.0273. The van der Waals surface area contributed by atoms with Gasteiger partial charge in [-0.25, -0.2) is 0 Å². The molecule has 0 saturated carbocycles. The quantitative estimate of drug-likeness (QED) is 0.740. The Bertz CT molecular complexity index is 731. The number of Topliss-reactive ketones (excluding diaryl/α,β-unsaturated/α-hetero) is 1. The second kappa shape index (κ2) is 5.09. The molecule has 4 N–H and O–H groups in total. The summed E-state index contributed by atoms with van der Waals surface area (Å²) in [6.07, 6.45) is 3.74. The van der Waals surface area contributed by atoms with Crippen LogP contribution in [0.3, 0.4) is 0 Å². The van der Waals surface area contributed by atoms with Crippen LogP contribution in [0.2, 0.25) is 0 Å². The SMILES string of the molecule is Cc1ccc(NC(=O)c2c[nH]c3c2C(=O)CCC3)c(N)c1. The molecule has 0 radical (unpaired) electrons. The van der Waals surface area contributed by atoms with E-state index in [1.54, 1.807) is 18.3 Å². The van der Waals surface area contributed by atoms with E-state index in [2.05, 4.69) is 10.3 Å². The predicted molar refractivity (Wildman–Crippen MR) is 81.6 cm³/mol. The largest absolute Gasteiger partial charge is 0.397 e. The van der Waals surface area contributed by atoms with Crippen LogP contribution in [0.5, 0.6) is 0 Å². The molecule has 5 nitrogen and oxygen atoms in total. The van der Waals surface area contributed by atoms with Crippen LogP contribution in [0.25, 0.3) is 0 Å². The standard InChI is InChI=1S/C16H17N3O2/c1-9-5-6-12(11(17)7-9)19-16(21)10-8-18-13-3-2-4-14(20)15(10)13/h5-8,18H,2-4,17H2,1H3,(H,19,21). The Morgan fingerprint density at radius 3 is 2.90 bits per heavy atom. The van der Waals surface area contributed by atoms with Crippen molar-refractivity contribution in [2.45, 2.75) is 26.2 Å². The van der Waals surface area contributed by atoms with Crippen LogP contribution in [0.15, 0.2) is 24.4 Å². The Morgan fingerprint density at radius 1 is 1.33 bits per heavy atom. The summed E-state index contributed by atoms with van der Waals surface area (Å²) in [5.74, 6) is -0.280. The maximum absolute atomic E-state index is 12.4. The van der Waals surface area contributed by atoms with Gasteiger partial charge < -0.3 is 16.0 Å². The van der Waals surface area contributed by atoms with Crippen LogP contribution in [0, 0.1) is 6.92 Å². The number of nitrogens with two attached hydrogens (primary N) is 1. The Balaban J connectivity index is 1.90. The van der Waals surface area contributed by atoms with Gasteiger partial charge in [0, 0.05) is 18.3 Å². The van der Waals surface area contributed by atoms with Gasteiger partial charge in [-0.15, -0.1) is 0 Å². The van der Waals surface area contributed by atoms with Crippen molar-refractivity contribution in [1.29, 1.82) is 0 Å². The van der Waals surface area contributed by atoms with Crippen molar-refractivity contribution in [2.75, 3.05) is 11.1 Å². The van der Waals surface area contributed by atoms with E-state index < -0.39 is 0 Å². The monoisotopic (exact) mass is 283 g/mol. The summed E-state index contributed by atoms with van der Waals surface area (Å²) < 4.78 is 0. The van der Waals surface area contributed by atoms with Crippen molar-refractivity contribution in [2.24, 2.45) is 0 Å². The summed E-state index contributed by atoms with van der Waals surface area (Å²) in [5, 5.41) is 2.77. The number of benzene rings is 1. The smallest absolute Gasteiger partial charge is 0.258 e. The highest BCUT2D eigenvalue weighted by atomic mass is 16.2. The highest BCUT2D eigenvalue weighted by Gasteiger charge is 2.26. The number of aryl methyl sites for hydroxylation is 2. The van der Waals surface area contributed by atoms with Gasteiger partial charge in [-0.2, -0.15) is 0 Å². The normalized spacial score (nSPS) is 13.9. The van der Waals surface area contributed by atoms with Gasteiger partial charge in [0.05, 0.1) is 22.5 Å². The number of aromatic nitrogens is 1. The highest BCUT2D eigenvalue weighted by Crippen LogP contribution is 2.26. The molecule has 1 aromatic carbocycles. The molecule has 108 valence electrons. The van der Waals surface area contributed by atoms with Gasteiger partial charge in [-0.1, -0.05) is 6.07 Å². The van der Waals surface area contributed by atoms with E-state index in [-0.39, 0.29) is 11.7 Å². The molecule has 3 rings (SSSR count). The lowest BCUT2D eigenvalue weighted by atomic mass is 9.93. The molecule has 1 amide bonds. The van der Waals surface area contributed by atoms with Gasteiger partial charge in [0.2, 0.25) is 0 Å². The molecule has 0 bridgehead atoms. The summed E-state index contributed by atoms with van der Waals surface area (Å²) >= 11 is 0. The molecule has 21 heavy (non-hydrogen) atoms. The number of hydrogen-bond donors (Lipinski definition) is 3. The third-order valence-corrected chi connectivity index (χ3v) is 3.77. The van der Waals surface area contributed by atoms with Gasteiger partial charge in [0.1, 0.15) is 0 Å². The summed E-state index contributed by atoms with van der Waals surface area (Å²) in [4.78, 5) is 27.4. The van der Waals surface area contributed by atoms with Crippen molar-refractivity contribution in [3.63, 3.8) is 0 Å². The molecular formula is C16H17N3O2. The van der Waals surface area contributed by atoms with Crippen LogP contribution in [0.4, 0.5) is 11.4 Å². The van der Waals surface area contributed by atoms with E-state index in [0.717, 1.165) is 24.1 Å². The first kappa shape index (κ1) is 13.4. The highest BCUT2D eigenvalue weighted by molar-refractivity contribution is 6.14. The fourth-order valence-electron chi connectivity index (χ4n) is 2.70. The van der Waals surface area contributed by atoms with Crippen LogP contribution in [0.1, 0.15) is 44.8 Å². The first-order chi connectivity index (χ1) is 10.1.